The molecule has 68 valence electrons. The third-order valence-electron chi connectivity index (χ3n) is 1.92. The van der Waals surface area contributed by atoms with Gasteiger partial charge in [0.15, 0.2) is 0 Å². The first-order valence-corrected chi connectivity index (χ1v) is 3.69. The van der Waals surface area contributed by atoms with Crippen molar-refractivity contribution in [3.63, 3.8) is 0 Å². The lowest BCUT2D eigenvalue weighted by Gasteiger charge is -2.25. The van der Waals surface area contributed by atoms with Gasteiger partial charge in [-0.1, -0.05) is 19.9 Å². The van der Waals surface area contributed by atoms with Crippen molar-refractivity contribution in [1.29, 1.82) is 0 Å². The fraction of sp³-hybridized carbons (Fsp3) is 0.556. The highest BCUT2D eigenvalue weighted by Crippen LogP contribution is 2.28. The lowest BCUT2D eigenvalue weighted by atomic mass is 9.77. The van der Waals surface area contributed by atoms with Crippen LogP contribution in [0.15, 0.2) is 12.7 Å². The van der Waals surface area contributed by atoms with E-state index in [9.17, 15) is 9.59 Å². The van der Waals surface area contributed by atoms with E-state index in [1.165, 1.54) is 13.0 Å². The average molecular weight is 170 g/mol. The normalized spacial score (nSPS) is 13.6. The van der Waals surface area contributed by atoms with Gasteiger partial charge in [-0.3, -0.25) is 9.59 Å². The number of rotatable bonds is 4. The maximum Gasteiger partial charge on any atom is 0.314 e. The molecule has 3 heteroatoms. The Balaban J connectivity index is 4.86. The Morgan fingerprint density at radius 3 is 2.00 bits per heavy atom. The first-order valence-electron chi connectivity index (χ1n) is 3.69. The Hall–Kier alpha value is -1.12. The van der Waals surface area contributed by atoms with Crippen LogP contribution < -0.4 is 0 Å². The van der Waals surface area contributed by atoms with Crippen molar-refractivity contribution >= 4 is 11.8 Å². The van der Waals surface area contributed by atoms with E-state index in [0.717, 1.165) is 0 Å². The number of carbonyl (C=O) groups is 2. The molecule has 0 heterocycles. The van der Waals surface area contributed by atoms with Gasteiger partial charge in [0, 0.05) is 5.41 Å². The van der Waals surface area contributed by atoms with Crippen LogP contribution in [0.3, 0.4) is 0 Å². The standard InChI is InChI=1S/C9H14O3/c1-5-9(3,4)7(6(2)10)8(11)12/h5,7H,1H2,2-4H3,(H,11,12). The third-order valence-corrected chi connectivity index (χ3v) is 1.92. The van der Waals surface area contributed by atoms with Crippen LogP contribution in [0.1, 0.15) is 20.8 Å². The number of hydrogen-bond acceptors (Lipinski definition) is 2. The van der Waals surface area contributed by atoms with Gasteiger partial charge in [-0.2, -0.15) is 0 Å². The predicted molar refractivity (Wildman–Crippen MR) is 45.8 cm³/mol. The van der Waals surface area contributed by atoms with Crippen molar-refractivity contribution in [2.75, 3.05) is 0 Å². The summed E-state index contributed by atoms with van der Waals surface area (Å²) in [7, 11) is 0. The molecule has 0 aliphatic heterocycles. The van der Waals surface area contributed by atoms with Gasteiger partial charge < -0.3 is 5.11 Å². The van der Waals surface area contributed by atoms with E-state index >= 15 is 0 Å². The summed E-state index contributed by atoms with van der Waals surface area (Å²) in [4.78, 5) is 21.6. The van der Waals surface area contributed by atoms with E-state index in [-0.39, 0.29) is 5.78 Å². The van der Waals surface area contributed by atoms with Crippen molar-refractivity contribution in [1.82, 2.24) is 0 Å². The van der Waals surface area contributed by atoms with Gasteiger partial charge in [0.2, 0.25) is 0 Å². The van der Waals surface area contributed by atoms with Gasteiger partial charge in [-0.25, -0.2) is 0 Å². The Morgan fingerprint density at radius 2 is 1.92 bits per heavy atom. The van der Waals surface area contributed by atoms with Crippen molar-refractivity contribution in [2.24, 2.45) is 11.3 Å². The number of hydrogen-bond donors (Lipinski definition) is 1. The summed E-state index contributed by atoms with van der Waals surface area (Å²) in [6.45, 7) is 8.15. The molecule has 0 aromatic carbocycles. The molecule has 12 heavy (non-hydrogen) atoms. The number of aliphatic carboxylic acids is 1. The molecule has 0 bridgehead atoms. The molecule has 1 atom stereocenters. The zero-order valence-electron chi connectivity index (χ0n) is 7.63. The number of Topliss-reactive ketones (excluding diaryl/α,β-unsaturated/α-hetero) is 1. The fourth-order valence-corrected chi connectivity index (χ4v) is 1.13. The van der Waals surface area contributed by atoms with Crippen LogP contribution in [-0.4, -0.2) is 16.9 Å². The largest absolute Gasteiger partial charge is 0.481 e. The molecule has 0 aliphatic rings. The van der Waals surface area contributed by atoms with Gasteiger partial charge in [0.1, 0.15) is 11.7 Å². The molecule has 0 spiro atoms. The van der Waals surface area contributed by atoms with Crippen molar-refractivity contribution in [3.05, 3.63) is 12.7 Å². The number of carbonyl (C=O) groups excluding carboxylic acids is 1. The van der Waals surface area contributed by atoms with Crippen LogP contribution in [0, 0.1) is 11.3 Å². The summed E-state index contributed by atoms with van der Waals surface area (Å²) in [6, 6.07) is 0. The molecular formula is C9H14O3. The van der Waals surface area contributed by atoms with E-state index in [4.69, 9.17) is 5.11 Å². The van der Waals surface area contributed by atoms with Crippen LogP contribution in [-0.2, 0) is 9.59 Å². The Bertz CT molecular complexity index is 202. The summed E-state index contributed by atoms with van der Waals surface area (Å²) in [5.41, 5.74) is -0.683. The highest BCUT2D eigenvalue weighted by Gasteiger charge is 2.36. The second-order valence-electron chi connectivity index (χ2n) is 3.41. The summed E-state index contributed by atoms with van der Waals surface area (Å²) < 4.78 is 0. The molecule has 0 saturated carbocycles. The predicted octanol–water partition coefficient (Wildman–Crippen LogP) is 1.49. The summed E-state index contributed by atoms with van der Waals surface area (Å²) >= 11 is 0. The first kappa shape index (κ1) is 10.9. The molecule has 0 rings (SSSR count). The monoisotopic (exact) mass is 170 g/mol. The molecule has 1 N–H and O–H groups in total. The second-order valence-corrected chi connectivity index (χ2v) is 3.41. The number of carboxylic acid groups (broad SMARTS) is 1. The smallest absolute Gasteiger partial charge is 0.314 e. The topological polar surface area (TPSA) is 54.4 Å². The highest BCUT2D eigenvalue weighted by molar-refractivity contribution is 5.98. The average Bonchev–Trinajstić information content (AvgIpc) is 1.84. The second kappa shape index (κ2) is 3.52. The third kappa shape index (κ3) is 2.19. The van der Waals surface area contributed by atoms with E-state index in [1.54, 1.807) is 13.8 Å². The summed E-state index contributed by atoms with van der Waals surface area (Å²) in [6.07, 6.45) is 1.49. The van der Waals surface area contributed by atoms with E-state index < -0.39 is 17.3 Å². The molecule has 1 unspecified atom stereocenters. The molecule has 0 aromatic heterocycles. The molecule has 0 saturated heterocycles. The lowest BCUT2D eigenvalue weighted by Crippen LogP contribution is -2.34. The quantitative estimate of drug-likeness (QED) is 0.513. The minimum Gasteiger partial charge on any atom is -0.481 e. The zero-order chi connectivity index (χ0) is 9.94. The fourth-order valence-electron chi connectivity index (χ4n) is 1.13. The molecular weight excluding hydrogens is 156 g/mol. The number of carboxylic acids is 1. The van der Waals surface area contributed by atoms with Crippen molar-refractivity contribution in [2.45, 2.75) is 20.8 Å². The molecule has 0 amide bonds. The van der Waals surface area contributed by atoms with Crippen LogP contribution in [0.25, 0.3) is 0 Å². The van der Waals surface area contributed by atoms with E-state index in [2.05, 4.69) is 6.58 Å². The minimum absolute atomic E-state index is 0.340. The van der Waals surface area contributed by atoms with Crippen LogP contribution >= 0.6 is 0 Å². The molecule has 0 aliphatic carbocycles. The van der Waals surface area contributed by atoms with Crippen LogP contribution in [0.4, 0.5) is 0 Å². The SMILES string of the molecule is C=CC(C)(C)C(C(C)=O)C(=O)O. The lowest BCUT2D eigenvalue weighted by molar-refractivity contribution is -0.149. The van der Waals surface area contributed by atoms with Crippen molar-refractivity contribution < 1.29 is 14.7 Å². The number of ketones is 1. The van der Waals surface area contributed by atoms with E-state index in [1.807, 2.05) is 0 Å². The Labute approximate surface area is 72.1 Å². The van der Waals surface area contributed by atoms with E-state index in [0.29, 0.717) is 0 Å². The summed E-state index contributed by atoms with van der Waals surface area (Å²) in [5, 5.41) is 8.74. The first-order chi connectivity index (χ1) is 5.33. The van der Waals surface area contributed by atoms with Crippen molar-refractivity contribution in [3.8, 4) is 0 Å². The molecule has 3 nitrogen and oxygen atoms in total. The van der Waals surface area contributed by atoms with Gasteiger partial charge in [-0.05, 0) is 6.92 Å². The number of allylic oxidation sites excluding steroid dienone is 1. The maximum atomic E-state index is 11.0. The van der Waals surface area contributed by atoms with Gasteiger partial charge >= 0.3 is 5.97 Å². The molecule has 0 fully saturated rings. The minimum atomic E-state index is -1.09. The van der Waals surface area contributed by atoms with Gasteiger partial charge in [0.05, 0.1) is 0 Å². The molecule has 0 aromatic rings. The maximum absolute atomic E-state index is 11.0. The molecule has 0 radical (unpaired) electrons. The van der Waals surface area contributed by atoms with Crippen LogP contribution in [0.2, 0.25) is 0 Å². The summed E-state index contributed by atoms with van der Waals surface area (Å²) in [5.74, 6) is -2.42. The zero-order valence-corrected chi connectivity index (χ0v) is 7.63. The van der Waals surface area contributed by atoms with Crippen LogP contribution in [0.5, 0.6) is 0 Å². The highest BCUT2D eigenvalue weighted by atomic mass is 16.4. The van der Waals surface area contributed by atoms with Gasteiger partial charge in [-0.15, -0.1) is 6.58 Å². The van der Waals surface area contributed by atoms with Gasteiger partial charge in [0.25, 0.3) is 0 Å². The Kier molecular flexibility index (Phi) is 3.19. The Morgan fingerprint density at radius 1 is 1.50 bits per heavy atom.